The molecule has 150 valence electrons. The van der Waals surface area contributed by atoms with Crippen molar-refractivity contribution < 1.29 is 9.18 Å². The van der Waals surface area contributed by atoms with Gasteiger partial charge < -0.3 is 4.90 Å². The summed E-state index contributed by atoms with van der Waals surface area (Å²) in [5.74, 6) is 0.423. The molecule has 0 spiro atoms. The summed E-state index contributed by atoms with van der Waals surface area (Å²) in [7, 11) is 0. The number of amides is 1. The lowest BCUT2D eigenvalue weighted by molar-refractivity contribution is -0.132. The number of hydrogen-bond acceptors (Lipinski definition) is 5. The number of carbonyl (C=O) groups is 1. The van der Waals surface area contributed by atoms with Crippen molar-refractivity contribution in [1.29, 1.82) is 0 Å². The quantitative estimate of drug-likeness (QED) is 0.618. The number of carbonyl (C=O) groups excluding carboxylic acids is 1. The highest BCUT2D eigenvalue weighted by Crippen LogP contribution is 2.34. The van der Waals surface area contributed by atoms with Crippen molar-refractivity contribution in [3.8, 4) is 5.69 Å². The van der Waals surface area contributed by atoms with Gasteiger partial charge in [-0.15, -0.1) is 0 Å². The summed E-state index contributed by atoms with van der Waals surface area (Å²) < 4.78 is 16.4. The average molecular weight is 413 g/mol. The van der Waals surface area contributed by atoms with E-state index >= 15 is 0 Å². The molecule has 9 heteroatoms. The lowest BCUT2D eigenvalue weighted by Crippen LogP contribution is -2.37. The Kier molecular flexibility index (Phi) is 4.61. The second-order valence-corrected chi connectivity index (χ2v) is 8.44. The molecule has 0 saturated carbocycles. The Hall–Kier alpha value is -2.68. The van der Waals surface area contributed by atoms with E-state index in [1.54, 1.807) is 21.4 Å². The summed E-state index contributed by atoms with van der Waals surface area (Å²) in [5.41, 5.74) is 0.904. The van der Waals surface area contributed by atoms with Gasteiger partial charge in [-0.2, -0.15) is 5.10 Å². The molecule has 2 aliphatic rings. The van der Waals surface area contributed by atoms with Crippen LogP contribution in [0.5, 0.6) is 0 Å². The Labute approximate surface area is 170 Å². The van der Waals surface area contributed by atoms with Crippen LogP contribution in [-0.2, 0) is 4.79 Å². The number of nitrogens with zero attached hydrogens (tertiary/aromatic N) is 5. The van der Waals surface area contributed by atoms with Crippen LogP contribution in [0.4, 0.5) is 4.39 Å². The molecule has 1 aromatic carbocycles. The summed E-state index contributed by atoms with van der Waals surface area (Å²) in [6.45, 7) is 1.62. The van der Waals surface area contributed by atoms with Crippen LogP contribution in [0, 0.1) is 5.82 Å². The van der Waals surface area contributed by atoms with Gasteiger partial charge in [0.1, 0.15) is 11.2 Å². The fourth-order valence-electron chi connectivity index (χ4n) is 4.03. The number of thioether (sulfide) groups is 1. The monoisotopic (exact) mass is 413 g/mol. The Balaban J connectivity index is 1.48. The van der Waals surface area contributed by atoms with E-state index in [0.29, 0.717) is 34.1 Å². The average Bonchev–Trinajstić information content (AvgIpc) is 3.34. The maximum absolute atomic E-state index is 13.2. The summed E-state index contributed by atoms with van der Waals surface area (Å²) in [6, 6.07) is 5.70. The number of halogens is 1. The van der Waals surface area contributed by atoms with Gasteiger partial charge in [-0.05, 0) is 43.5 Å². The fraction of sp³-hybridized carbons (Fsp3) is 0.400. The van der Waals surface area contributed by atoms with Crippen LogP contribution in [0.2, 0.25) is 0 Å². The standard InChI is InChI=1S/C20H20FN5O2S/c21-13-4-6-14(7-5-13)26-18-16(11-22-26)19(28)25-15(12-29-20(25)23-18)10-17(27)24-8-2-1-3-9-24/h4-7,11,15H,1-3,8-10,12H2. The molecule has 4 heterocycles. The topological polar surface area (TPSA) is 73.0 Å². The highest BCUT2D eigenvalue weighted by molar-refractivity contribution is 7.99. The van der Waals surface area contributed by atoms with Gasteiger partial charge in [-0.25, -0.2) is 14.1 Å². The smallest absolute Gasteiger partial charge is 0.265 e. The third-order valence-electron chi connectivity index (χ3n) is 5.56. The molecule has 1 amide bonds. The molecule has 7 nitrogen and oxygen atoms in total. The van der Waals surface area contributed by atoms with Crippen molar-refractivity contribution in [2.24, 2.45) is 0 Å². The lowest BCUT2D eigenvalue weighted by atomic mass is 10.1. The van der Waals surface area contributed by atoms with Crippen LogP contribution in [0.3, 0.4) is 0 Å². The summed E-state index contributed by atoms with van der Waals surface area (Å²) in [6.07, 6.45) is 5.08. The number of fused-ring (bicyclic) bond motifs is 2. The third-order valence-corrected chi connectivity index (χ3v) is 6.66. The van der Waals surface area contributed by atoms with E-state index in [9.17, 15) is 14.0 Å². The molecule has 0 bridgehead atoms. The molecule has 2 aliphatic heterocycles. The van der Waals surface area contributed by atoms with Crippen LogP contribution in [-0.4, -0.2) is 49.0 Å². The first-order valence-electron chi connectivity index (χ1n) is 9.78. The Morgan fingerprint density at radius 2 is 1.93 bits per heavy atom. The Bertz CT molecular complexity index is 1130. The van der Waals surface area contributed by atoms with Gasteiger partial charge in [-0.3, -0.25) is 14.2 Å². The molecule has 1 unspecified atom stereocenters. The third kappa shape index (κ3) is 3.23. The van der Waals surface area contributed by atoms with Crippen molar-refractivity contribution in [2.45, 2.75) is 36.9 Å². The molecule has 3 aromatic rings. The van der Waals surface area contributed by atoms with Crippen LogP contribution < -0.4 is 5.56 Å². The number of piperidine rings is 1. The van der Waals surface area contributed by atoms with E-state index < -0.39 is 0 Å². The van der Waals surface area contributed by atoms with Crippen LogP contribution in [0.1, 0.15) is 31.7 Å². The molecule has 5 rings (SSSR count). The number of aromatic nitrogens is 4. The van der Waals surface area contributed by atoms with E-state index in [1.807, 2.05) is 4.90 Å². The predicted molar refractivity (Wildman–Crippen MR) is 108 cm³/mol. The molecule has 1 atom stereocenters. The van der Waals surface area contributed by atoms with Gasteiger partial charge >= 0.3 is 0 Å². The first-order valence-corrected chi connectivity index (χ1v) is 10.8. The Morgan fingerprint density at radius 3 is 2.69 bits per heavy atom. The summed E-state index contributed by atoms with van der Waals surface area (Å²) in [4.78, 5) is 32.4. The maximum Gasteiger partial charge on any atom is 0.265 e. The molecule has 0 N–H and O–H groups in total. The second kappa shape index (κ2) is 7.29. The van der Waals surface area contributed by atoms with Gasteiger partial charge in [0.25, 0.3) is 5.56 Å². The largest absolute Gasteiger partial charge is 0.343 e. The number of benzene rings is 1. The van der Waals surface area contributed by atoms with Gasteiger partial charge in [0.05, 0.1) is 17.9 Å². The predicted octanol–water partition coefficient (Wildman–Crippen LogP) is 2.77. The first-order chi connectivity index (χ1) is 14.1. The van der Waals surface area contributed by atoms with E-state index in [4.69, 9.17) is 0 Å². The van der Waals surface area contributed by atoms with Crippen molar-refractivity contribution in [1.82, 2.24) is 24.2 Å². The van der Waals surface area contributed by atoms with Crippen LogP contribution in [0.25, 0.3) is 16.7 Å². The molecule has 1 fully saturated rings. The Morgan fingerprint density at radius 1 is 1.17 bits per heavy atom. The molecule has 2 aromatic heterocycles. The number of hydrogen-bond donors (Lipinski definition) is 0. The molecule has 29 heavy (non-hydrogen) atoms. The maximum atomic E-state index is 13.2. The van der Waals surface area contributed by atoms with Crippen LogP contribution >= 0.6 is 11.8 Å². The zero-order valence-electron chi connectivity index (χ0n) is 15.8. The van der Waals surface area contributed by atoms with Gasteiger partial charge in [-0.1, -0.05) is 11.8 Å². The van der Waals surface area contributed by atoms with Crippen molar-refractivity contribution in [3.63, 3.8) is 0 Å². The normalized spacial score (nSPS) is 18.9. The molecular formula is C20H20FN5O2S. The highest BCUT2D eigenvalue weighted by atomic mass is 32.2. The zero-order valence-corrected chi connectivity index (χ0v) is 16.6. The van der Waals surface area contributed by atoms with Crippen molar-refractivity contribution >= 4 is 28.7 Å². The fourth-order valence-corrected chi connectivity index (χ4v) is 5.16. The van der Waals surface area contributed by atoms with E-state index in [0.717, 1.165) is 25.9 Å². The molecule has 0 aliphatic carbocycles. The molecule has 0 radical (unpaired) electrons. The number of likely N-dealkylation sites (tertiary alicyclic amines) is 1. The van der Waals surface area contributed by atoms with Crippen molar-refractivity contribution in [3.05, 3.63) is 46.6 Å². The van der Waals surface area contributed by atoms with Gasteiger partial charge in [0.15, 0.2) is 10.8 Å². The zero-order chi connectivity index (χ0) is 20.0. The van der Waals surface area contributed by atoms with E-state index in [-0.39, 0.29) is 23.3 Å². The lowest BCUT2D eigenvalue weighted by Gasteiger charge is -2.28. The molecule has 1 saturated heterocycles. The molecular weight excluding hydrogens is 393 g/mol. The summed E-state index contributed by atoms with van der Waals surface area (Å²) in [5, 5.41) is 5.29. The first kappa shape index (κ1) is 18.4. The van der Waals surface area contributed by atoms with Gasteiger partial charge in [0.2, 0.25) is 5.91 Å². The SMILES string of the molecule is O=C(CC1CSc2nc3c(cnn3-c3ccc(F)cc3)c(=O)n21)N1CCCCC1. The van der Waals surface area contributed by atoms with Crippen molar-refractivity contribution in [2.75, 3.05) is 18.8 Å². The minimum atomic E-state index is -0.337. The second-order valence-electron chi connectivity index (χ2n) is 7.45. The van der Waals surface area contributed by atoms with Gasteiger partial charge in [0, 0.05) is 25.3 Å². The summed E-state index contributed by atoms with van der Waals surface area (Å²) >= 11 is 1.48. The van der Waals surface area contributed by atoms with Crippen LogP contribution in [0.15, 0.2) is 40.4 Å². The minimum Gasteiger partial charge on any atom is -0.343 e. The number of rotatable bonds is 3. The van der Waals surface area contributed by atoms with E-state index in [2.05, 4.69) is 10.1 Å². The van der Waals surface area contributed by atoms with E-state index in [1.165, 1.54) is 36.5 Å². The highest BCUT2D eigenvalue weighted by Gasteiger charge is 2.31. The minimum absolute atomic E-state index is 0.108.